The van der Waals surface area contributed by atoms with Crippen molar-refractivity contribution in [3.05, 3.63) is 58.8 Å². The Morgan fingerprint density at radius 3 is 2.44 bits per heavy atom. The average Bonchev–Trinajstić information content (AvgIpc) is 3.30. The third kappa shape index (κ3) is 5.38. The molecule has 2 aromatic rings. The molecule has 1 aliphatic rings. The molecule has 1 saturated heterocycles. The molecule has 1 aliphatic heterocycles. The molecule has 9 nitrogen and oxygen atoms in total. The second kappa shape index (κ2) is 9.58. The van der Waals surface area contributed by atoms with Crippen molar-refractivity contribution in [3.8, 4) is 0 Å². The van der Waals surface area contributed by atoms with Gasteiger partial charge in [0.05, 0.1) is 24.5 Å². The fourth-order valence-corrected chi connectivity index (χ4v) is 3.02. The quantitative estimate of drug-likeness (QED) is 0.502. The lowest BCUT2D eigenvalue weighted by Gasteiger charge is -2.32. The average molecular weight is 441 g/mol. The first-order chi connectivity index (χ1) is 15.1. The number of hydrogen-bond donors (Lipinski definition) is 2. The molecule has 0 unspecified atom stereocenters. The Balaban J connectivity index is 1.76. The van der Waals surface area contributed by atoms with Crippen LogP contribution in [0.5, 0.6) is 0 Å². The van der Waals surface area contributed by atoms with E-state index in [4.69, 9.17) is 18.8 Å². The molecule has 2 N–H and O–H groups in total. The summed E-state index contributed by atoms with van der Waals surface area (Å²) in [6, 6.07) is 9.38. The van der Waals surface area contributed by atoms with Crippen molar-refractivity contribution in [1.82, 2.24) is 15.5 Å². The van der Waals surface area contributed by atoms with Crippen molar-refractivity contribution in [2.75, 3.05) is 13.7 Å². The molecule has 2 heterocycles. The molecule has 32 heavy (non-hydrogen) atoms. The van der Waals surface area contributed by atoms with Crippen LogP contribution in [0.4, 0.5) is 4.79 Å². The first-order valence-electron chi connectivity index (χ1n) is 10.3. The minimum Gasteiger partial charge on any atom is -0.464 e. The van der Waals surface area contributed by atoms with E-state index >= 15 is 0 Å². The number of H-pyrrole nitrogens is 1. The highest BCUT2D eigenvalue weighted by molar-refractivity contribution is 6.56. The van der Waals surface area contributed by atoms with Gasteiger partial charge in [-0.1, -0.05) is 36.4 Å². The lowest BCUT2D eigenvalue weighted by molar-refractivity contribution is 0.00578. The third-order valence-corrected chi connectivity index (χ3v) is 5.60. The summed E-state index contributed by atoms with van der Waals surface area (Å²) in [5.74, 6) is -0.558. The van der Waals surface area contributed by atoms with Crippen LogP contribution in [0, 0.1) is 0 Å². The van der Waals surface area contributed by atoms with Gasteiger partial charge in [0.2, 0.25) is 0 Å². The number of nitrogens with one attached hydrogen (secondary N) is 2. The fraction of sp³-hybridized carbons (Fsp3) is 0.409. The number of ether oxygens (including phenoxy) is 2. The van der Waals surface area contributed by atoms with E-state index in [2.05, 4.69) is 15.5 Å². The van der Waals surface area contributed by atoms with E-state index in [-0.39, 0.29) is 18.8 Å². The molecule has 1 aromatic heterocycles. The first-order valence-corrected chi connectivity index (χ1v) is 10.3. The molecule has 0 saturated carbocycles. The van der Waals surface area contributed by atoms with E-state index in [0.717, 1.165) is 5.56 Å². The number of aromatic nitrogens is 2. The summed E-state index contributed by atoms with van der Waals surface area (Å²) in [5, 5.41) is 9.27. The van der Waals surface area contributed by atoms with Gasteiger partial charge in [-0.3, -0.25) is 5.10 Å². The van der Waals surface area contributed by atoms with Gasteiger partial charge >= 0.3 is 19.2 Å². The van der Waals surface area contributed by atoms with E-state index in [1.807, 2.05) is 58.0 Å². The zero-order valence-corrected chi connectivity index (χ0v) is 18.9. The number of alkyl carbamates (subject to hydrolysis) is 1. The standard InChI is InChI=1S/C22H28BN3O6/c1-21(2)22(3,4)32-23(31-21)17(11-16-12-25-26-18(16)19(27)29-5)13-24-20(28)30-14-15-9-7-6-8-10-15/h6-12H,13-14H2,1-5H3,(H,24,28)(H,25,26). The van der Waals surface area contributed by atoms with E-state index in [9.17, 15) is 9.59 Å². The molecule has 0 bridgehead atoms. The van der Waals surface area contributed by atoms with Gasteiger partial charge in [0.25, 0.3) is 0 Å². The number of carbonyl (C=O) groups excluding carboxylic acids is 2. The number of aromatic amines is 1. The highest BCUT2D eigenvalue weighted by atomic mass is 16.7. The minimum atomic E-state index is -0.741. The summed E-state index contributed by atoms with van der Waals surface area (Å²) < 4.78 is 22.3. The second-order valence-electron chi connectivity index (χ2n) is 8.41. The first kappa shape index (κ1) is 23.6. The number of rotatable bonds is 7. The van der Waals surface area contributed by atoms with E-state index in [1.54, 1.807) is 6.08 Å². The Hall–Kier alpha value is -3.11. The Kier molecular flexibility index (Phi) is 7.05. The normalized spacial score (nSPS) is 17.2. The smallest absolute Gasteiger partial charge is 0.464 e. The largest absolute Gasteiger partial charge is 0.492 e. The molecule has 0 aliphatic carbocycles. The van der Waals surface area contributed by atoms with Crippen LogP contribution in [0.2, 0.25) is 0 Å². The maximum absolute atomic E-state index is 12.3. The summed E-state index contributed by atoms with van der Waals surface area (Å²) in [6.45, 7) is 7.97. The third-order valence-electron chi connectivity index (χ3n) is 5.60. The Labute approximate surface area is 187 Å². The molecule has 10 heteroatoms. The van der Waals surface area contributed by atoms with Gasteiger partial charge in [-0.05, 0) is 38.7 Å². The summed E-state index contributed by atoms with van der Waals surface area (Å²) in [6.07, 6.45) is 2.59. The summed E-state index contributed by atoms with van der Waals surface area (Å²) in [4.78, 5) is 24.3. The topological polar surface area (TPSA) is 112 Å². The zero-order chi connectivity index (χ0) is 23.4. The maximum atomic E-state index is 12.3. The minimum absolute atomic E-state index is 0.0796. The Bertz CT molecular complexity index is 971. The number of hydrogen-bond acceptors (Lipinski definition) is 7. The lowest BCUT2D eigenvalue weighted by Crippen LogP contribution is -2.41. The molecular weight excluding hydrogens is 413 g/mol. The van der Waals surface area contributed by atoms with Crippen molar-refractivity contribution >= 4 is 25.3 Å². The predicted octanol–water partition coefficient (Wildman–Crippen LogP) is 3.14. The molecule has 1 aromatic carbocycles. The molecule has 0 radical (unpaired) electrons. The van der Waals surface area contributed by atoms with E-state index < -0.39 is 30.4 Å². The zero-order valence-electron chi connectivity index (χ0n) is 18.9. The summed E-state index contributed by atoms with van der Waals surface area (Å²) in [7, 11) is 0.547. The molecule has 0 atom stereocenters. The van der Waals surface area contributed by atoms with Crippen LogP contribution in [-0.2, 0) is 25.4 Å². The Morgan fingerprint density at radius 2 is 1.81 bits per heavy atom. The van der Waals surface area contributed by atoms with Crippen LogP contribution in [-0.4, -0.2) is 54.2 Å². The molecular formula is C22H28BN3O6. The lowest BCUT2D eigenvalue weighted by atomic mass is 9.77. The van der Waals surface area contributed by atoms with Crippen molar-refractivity contribution in [2.45, 2.75) is 45.5 Å². The van der Waals surface area contributed by atoms with Crippen LogP contribution in [0.15, 0.2) is 42.0 Å². The molecule has 3 rings (SSSR count). The van der Waals surface area contributed by atoms with Crippen molar-refractivity contribution in [1.29, 1.82) is 0 Å². The molecule has 0 spiro atoms. The number of methoxy groups -OCH3 is 1. The van der Waals surface area contributed by atoms with Crippen LogP contribution in [0.3, 0.4) is 0 Å². The predicted molar refractivity (Wildman–Crippen MR) is 119 cm³/mol. The van der Waals surface area contributed by atoms with E-state index in [0.29, 0.717) is 11.0 Å². The van der Waals surface area contributed by atoms with Gasteiger partial charge < -0.3 is 24.1 Å². The van der Waals surface area contributed by atoms with Gasteiger partial charge in [-0.25, -0.2) is 9.59 Å². The van der Waals surface area contributed by atoms with Crippen molar-refractivity contribution in [2.24, 2.45) is 0 Å². The van der Waals surface area contributed by atoms with Crippen molar-refractivity contribution in [3.63, 3.8) is 0 Å². The molecule has 170 valence electrons. The monoisotopic (exact) mass is 441 g/mol. The fourth-order valence-electron chi connectivity index (χ4n) is 3.02. The number of amides is 1. The van der Waals surface area contributed by atoms with Gasteiger partial charge in [-0.15, -0.1) is 0 Å². The molecule has 1 fully saturated rings. The van der Waals surface area contributed by atoms with Gasteiger partial charge in [0.1, 0.15) is 6.61 Å². The van der Waals surface area contributed by atoms with Gasteiger partial charge in [0, 0.05) is 12.1 Å². The number of nitrogens with zero attached hydrogens (tertiary/aromatic N) is 1. The highest BCUT2D eigenvalue weighted by Crippen LogP contribution is 2.38. The summed E-state index contributed by atoms with van der Waals surface area (Å²) >= 11 is 0. The number of carbonyl (C=O) groups is 2. The summed E-state index contributed by atoms with van der Waals surface area (Å²) in [5.41, 5.74) is 0.990. The van der Waals surface area contributed by atoms with E-state index in [1.165, 1.54) is 13.3 Å². The number of benzene rings is 1. The SMILES string of the molecule is COC(=O)c1[nH]ncc1C=C(CNC(=O)OCc1ccccc1)B1OC(C)(C)C(C)(C)O1. The van der Waals surface area contributed by atoms with Gasteiger partial charge in [-0.2, -0.15) is 5.10 Å². The van der Waals surface area contributed by atoms with Crippen LogP contribution in [0.25, 0.3) is 6.08 Å². The van der Waals surface area contributed by atoms with Gasteiger partial charge in [0.15, 0.2) is 5.69 Å². The maximum Gasteiger partial charge on any atom is 0.492 e. The van der Waals surface area contributed by atoms with Crippen LogP contribution >= 0.6 is 0 Å². The van der Waals surface area contributed by atoms with Crippen LogP contribution in [0.1, 0.15) is 49.3 Å². The van der Waals surface area contributed by atoms with Crippen molar-refractivity contribution < 1.29 is 28.4 Å². The number of esters is 1. The molecule has 1 amide bonds. The Morgan fingerprint density at radius 1 is 1.16 bits per heavy atom. The second-order valence-corrected chi connectivity index (χ2v) is 8.41. The highest BCUT2D eigenvalue weighted by Gasteiger charge is 2.52. The van der Waals surface area contributed by atoms with Crippen LogP contribution < -0.4 is 5.32 Å².